The maximum absolute atomic E-state index is 4.94. The molecule has 0 saturated heterocycles. The van der Waals surface area contributed by atoms with Gasteiger partial charge >= 0.3 is 0 Å². The largest absolute Gasteiger partial charge is 0.311 e. The minimum atomic E-state index is 0.0942. The molecule has 5 heteroatoms. The van der Waals surface area contributed by atoms with E-state index < -0.39 is 0 Å². The van der Waals surface area contributed by atoms with Crippen molar-refractivity contribution in [2.75, 3.05) is 0 Å². The zero-order valence-electron chi connectivity index (χ0n) is 9.07. The van der Waals surface area contributed by atoms with Crippen LogP contribution in [0.15, 0.2) is 12.3 Å². The Labute approximate surface area is 89.6 Å². The molecular formula is C10H18O5. The molecule has 15 heavy (non-hydrogen) atoms. The maximum Gasteiger partial charge on any atom is 0.138 e. The lowest BCUT2D eigenvalue weighted by Crippen LogP contribution is -2.17. The molecule has 0 spiro atoms. The number of hydrogen-bond donors (Lipinski definition) is 0. The summed E-state index contributed by atoms with van der Waals surface area (Å²) in [6.07, 6.45) is 6.31. The Morgan fingerprint density at radius 3 is 2.53 bits per heavy atom. The Balaban J connectivity index is 1.89. The predicted octanol–water partition coefficient (Wildman–Crippen LogP) is 2.99. The quantitative estimate of drug-likeness (QED) is 0.284. The van der Waals surface area contributed by atoms with Gasteiger partial charge in [0.25, 0.3) is 0 Å². The summed E-state index contributed by atoms with van der Waals surface area (Å²) in [4.78, 5) is 9.50. The van der Waals surface area contributed by atoms with E-state index in [0.717, 1.165) is 25.7 Å². The Kier molecular flexibility index (Phi) is 6.34. The van der Waals surface area contributed by atoms with Crippen LogP contribution >= 0.6 is 0 Å². The Hall–Kier alpha value is -0.620. The minimum absolute atomic E-state index is 0.0942. The third-order valence-corrected chi connectivity index (χ3v) is 2.33. The average molecular weight is 218 g/mol. The van der Waals surface area contributed by atoms with Crippen LogP contribution in [0.25, 0.3) is 0 Å². The summed E-state index contributed by atoms with van der Waals surface area (Å²) in [5, 5.41) is 12.8. The van der Waals surface area contributed by atoms with E-state index >= 15 is 0 Å². The molecule has 0 N–H and O–H groups in total. The van der Waals surface area contributed by atoms with Crippen LogP contribution in [0.5, 0.6) is 0 Å². The van der Waals surface area contributed by atoms with Gasteiger partial charge in [-0.15, -0.1) is 0 Å². The van der Waals surface area contributed by atoms with Gasteiger partial charge in [0.15, 0.2) is 0 Å². The topological polar surface area (TPSA) is 46.2 Å². The third kappa shape index (κ3) is 5.74. The van der Waals surface area contributed by atoms with Crippen LogP contribution in [0.1, 0.15) is 45.4 Å². The first-order valence-electron chi connectivity index (χ1n) is 5.34. The molecule has 0 aromatic heterocycles. The van der Waals surface area contributed by atoms with Crippen LogP contribution in [0, 0.1) is 0 Å². The van der Waals surface area contributed by atoms with Crippen LogP contribution in [0.4, 0.5) is 0 Å². The molecule has 5 nitrogen and oxygen atoms in total. The van der Waals surface area contributed by atoms with Gasteiger partial charge in [-0.3, -0.25) is 0 Å². The number of hydrogen-bond acceptors (Lipinski definition) is 5. The maximum atomic E-state index is 4.94. The monoisotopic (exact) mass is 218 g/mol. The van der Waals surface area contributed by atoms with E-state index in [1.165, 1.54) is 6.42 Å². The molecule has 0 aliphatic heterocycles. The predicted molar refractivity (Wildman–Crippen MR) is 51.7 cm³/mol. The van der Waals surface area contributed by atoms with Crippen molar-refractivity contribution in [3.63, 3.8) is 0 Å². The van der Waals surface area contributed by atoms with Gasteiger partial charge in [0.1, 0.15) is 5.76 Å². The SMILES string of the molecule is C=C(CC)OOOOOC1CCCCC1. The highest BCUT2D eigenvalue weighted by molar-refractivity contribution is 4.76. The standard InChI is InChI=1S/C10H18O5/c1-3-9(2)11-13-15-14-12-10-7-5-4-6-8-10/h10H,2-8H2,1H3. The average Bonchev–Trinajstić information content (AvgIpc) is 2.29. The summed E-state index contributed by atoms with van der Waals surface area (Å²) >= 11 is 0. The highest BCUT2D eigenvalue weighted by Crippen LogP contribution is 2.20. The molecule has 1 saturated carbocycles. The smallest absolute Gasteiger partial charge is 0.138 e. The van der Waals surface area contributed by atoms with E-state index in [-0.39, 0.29) is 6.10 Å². The molecule has 1 aliphatic carbocycles. The van der Waals surface area contributed by atoms with Gasteiger partial charge in [-0.2, -0.15) is 0 Å². The molecule has 0 heterocycles. The second kappa shape index (κ2) is 7.64. The van der Waals surface area contributed by atoms with Crippen molar-refractivity contribution >= 4 is 0 Å². The second-order valence-corrected chi connectivity index (χ2v) is 3.54. The van der Waals surface area contributed by atoms with Crippen LogP contribution in [0.3, 0.4) is 0 Å². The molecule has 0 bridgehead atoms. The van der Waals surface area contributed by atoms with Crippen molar-refractivity contribution in [1.82, 2.24) is 0 Å². The van der Waals surface area contributed by atoms with Crippen LogP contribution in [0.2, 0.25) is 0 Å². The zero-order chi connectivity index (χ0) is 10.9. The summed E-state index contributed by atoms with van der Waals surface area (Å²) in [5.74, 6) is 0.455. The van der Waals surface area contributed by atoms with Gasteiger partial charge in [-0.1, -0.05) is 32.8 Å². The van der Waals surface area contributed by atoms with Gasteiger partial charge in [0.2, 0.25) is 0 Å². The first-order chi connectivity index (χ1) is 7.33. The molecule has 0 aromatic carbocycles. The van der Waals surface area contributed by atoms with Crippen molar-refractivity contribution in [3.05, 3.63) is 12.3 Å². The van der Waals surface area contributed by atoms with Crippen molar-refractivity contribution in [3.8, 4) is 0 Å². The summed E-state index contributed by atoms with van der Waals surface area (Å²) in [5.41, 5.74) is 0. The third-order valence-electron chi connectivity index (χ3n) is 2.33. The Morgan fingerprint density at radius 1 is 1.13 bits per heavy atom. The molecule has 0 unspecified atom stereocenters. The molecule has 0 aromatic rings. The Bertz CT molecular complexity index is 177. The van der Waals surface area contributed by atoms with Gasteiger partial charge in [0, 0.05) is 16.5 Å². The lowest BCUT2D eigenvalue weighted by Gasteiger charge is -2.18. The van der Waals surface area contributed by atoms with Crippen LogP contribution in [-0.4, -0.2) is 6.10 Å². The van der Waals surface area contributed by atoms with Gasteiger partial charge in [0.05, 0.1) is 6.10 Å². The zero-order valence-corrected chi connectivity index (χ0v) is 9.07. The fourth-order valence-electron chi connectivity index (χ4n) is 1.37. The molecule has 0 radical (unpaired) electrons. The highest BCUT2D eigenvalue weighted by Gasteiger charge is 2.15. The molecule has 88 valence electrons. The number of allylic oxidation sites excluding steroid dienone is 1. The van der Waals surface area contributed by atoms with Crippen molar-refractivity contribution in [1.29, 1.82) is 0 Å². The lowest BCUT2D eigenvalue weighted by atomic mass is 9.98. The van der Waals surface area contributed by atoms with E-state index in [9.17, 15) is 0 Å². The number of rotatable bonds is 7. The second-order valence-electron chi connectivity index (χ2n) is 3.54. The van der Waals surface area contributed by atoms with E-state index in [1.54, 1.807) is 0 Å². The summed E-state index contributed by atoms with van der Waals surface area (Å²) in [7, 11) is 0. The fraction of sp³-hybridized carbons (Fsp3) is 0.800. The summed E-state index contributed by atoms with van der Waals surface area (Å²) < 4.78 is 0. The molecule has 0 atom stereocenters. The van der Waals surface area contributed by atoms with Gasteiger partial charge in [-0.05, 0) is 17.9 Å². The van der Waals surface area contributed by atoms with Gasteiger partial charge < -0.3 is 4.89 Å². The van der Waals surface area contributed by atoms with E-state index in [1.807, 2.05) is 6.92 Å². The van der Waals surface area contributed by atoms with Gasteiger partial charge in [-0.25, -0.2) is 4.89 Å². The molecule has 1 rings (SSSR count). The summed E-state index contributed by atoms with van der Waals surface area (Å²) in [6.45, 7) is 5.42. The first-order valence-corrected chi connectivity index (χ1v) is 5.34. The van der Waals surface area contributed by atoms with E-state index in [2.05, 4.69) is 26.6 Å². The normalized spacial score (nSPS) is 17.7. The Morgan fingerprint density at radius 2 is 1.87 bits per heavy atom. The first kappa shape index (κ1) is 12.4. The van der Waals surface area contributed by atoms with Crippen LogP contribution < -0.4 is 0 Å². The molecule has 0 amide bonds. The molecule has 1 aliphatic rings. The van der Waals surface area contributed by atoms with E-state index in [4.69, 9.17) is 4.89 Å². The fourth-order valence-corrected chi connectivity index (χ4v) is 1.37. The minimum Gasteiger partial charge on any atom is -0.311 e. The summed E-state index contributed by atoms with van der Waals surface area (Å²) in [6, 6.07) is 0. The van der Waals surface area contributed by atoms with Crippen LogP contribution in [-0.2, 0) is 24.9 Å². The van der Waals surface area contributed by atoms with Crippen molar-refractivity contribution < 1.29 is 24.9 Å². The lowest BCUT2D eigenvalue weighted by molar-refractivity contribution is -0.708. The van der Waals surface area contributed by atoms with E-state index in [0.29, 0.717) is 12.2 Å². The molecular weight excluding hydrogens is 200 g/mol. The molecule has 1 fully saturated rings. The van der Waals surface area contributed by atoms with Crippen molar-refractivity contribution in [2.24, 2.45) is 0 Å². The highest BCUT2D eigenvalue weighted by atomic mass is 17.8. The van der Waals surface area contributed by atoms with Crippen molar-refractivity contribution in [2.45, 2.75) is 51.6 Å².